The van der Waals surface area contributed by atoms with Crippen molar-refractivity contribution in [1.82, 2.24) is 19.8 Å². The van der Waals surface area contributed by atoms with Gasteiger partial charge in [-0.1, -0.05) is 0 Å². The summed E-state index contributed by atoms with van der Waals surface area (Å²) < 4.78 is 16.1. The molecule has 0 bridgehead atoms. The van der Waals surface area contributed by atoms with Crippen molar-refractivity contribution in [2.45, 2.75) is 38.6 Å². The lowest BCUT2D eigenvalue weighted by Gasteiger charge is -2.09. The maximum Gasteiger partial charge on any atom is 0.368 e. The quantitative estimate of drug-likeness (QED) is 0.864. The summed E-state index contributed by atoms with van der Waals surface area (Å²) in [6.45, 7) is 3.70. The van der Waals surface area contributed by atoms with Gasteiger partial charge in [0.1, 0.15) is 5.82 Å². The van der Waals surface area contributed by atoms with Crippen molar-refractivity contribution in [1.29, 1.82) is 0 Å². The average molecular weight is 277 g/mol. The molecule has 0 atom stereocenters. The summed E-state index contributed by atoms with van der Waals surface area (Å²) in [7, 11) is 0. The van der Waals surface area contributed by atoms with Gasteiger partial charge in [-0.3, -0.25) is 0 Å². The first kappa shape index (κ1) is 12.8. The molecule has 106 valence electrons. The molecule has 7 heteroatoms. The average Bonchev–Trinajstić information content (AvgIpc) is 3.15. The van der Waals surface area contributed by atoms with Crippen LogP contribution in [-0.4, -0.2) is 19.8 Å². The molecule has 0 saturated heterocycles. The second-order valence-corrected chi connectivity index (χ2v) is 5.42. The number of nitrogen functional groups attached to an aromatic ring is 1. The van der Waals surface area contributed by atoms with E-state index in [9.17, 15) is 9.18 Å². The number of nitrogens with zero attached hydrogens (tertiary/aromatic N) is 4. The Balaban J connectivity index is 2.19. The van der Waals surface area contributed by atoms with Crippen molar-refractivity contribution in [3.63, 3.8) is 0 Å². The second-order valence-electron chi connectivity index (χ2n) is 5.42. The van der Waals surface area contributed by atoms with Gasteiger partial charge in [0.25, 0.3) is 0 Å². The molecule has 0 unspecified atom stereocenters. The highest BCUT2D eigenvalue weighted by Gasteiger charge is 2.29. The van der Waals surface area contributed by atoms with Crippen LogP contribution in [0.5, 0.6) is 0 Å². The number of anilines is 1. The zero-order chi connectivity index (χ0) is 14.4. The molecule has 1 saturated carbocycles. The van der Waals surface area contributed by atoms with Gasteiger partial charge in [0.15, 0.2) is 0 Å². The van der Waals surface area contributed by atoms with Crippen molar-refractivity contribution < 1.29 is 4.39 Å². The van der Waals surface area contributed by atoms with Gasteiger partial charge in [-0.25, -0.2) is 9.18 Å². The number of hydrogen-bond acceptors (Lipinski definition) is 4. The third kappa shape index (κ3) is 1.99. The van der Waals surface area contributed by atoms with Crippen LogP contribution in [0.25, 0.3) is 5.69 Å². The lowest BCUT2D eigenvalue weighted by Crippen LogP contribution is -2.26. The van der Waals surface area contributed by atoms with Gasteiger partial charge in [0.05, 0.1) is 17.4 Å². The molecular formula is C13H16FN5O. The van der Waals surface area contributed by atoms with Gasteiger partial charge in [-0.15, -0.1) is 0 Å². The van der Waals surface area contributed by atoms with Gasteiger partial charge in [0, 0.05) is 0 Å². The maximum atomic E-state index is 13.6. The van der Waals surface area contributed by atoms with Crippen molar-refractivity contribution >= 4 is 5.69 Å². The molecule has 0 amide bonds. The second kappa shape index (κ2) is 4.43. The number of tetrazole rings is 1. The highest BCUT2D eigenvalue weighted by atomic mass is 19.1. The predicted molar refractivity (Wildman–Crippen MR) is 72.3 cm³/mol. The SMILES string of the molecule is CC(C)n1nnn(-c2cc(N)c(F)cc2C2CC2)c1=O. The highest BCUT2D eigenvalue weighted by Crippen LogP contribution is 2.43. The van der Waals surface area contributed by atoms with E-state index in [0.29, 0.717) is 5.69 Å². The Kier molecular flexibility index (Phi) is 2.84. The van der Waals surface area contributed by atoms with E-state index < -0.39 is 5.82 Å². The minimum Gasteiger partial charge on any atom is -0.396 e. The number of aromatic nitrogens is 4. The van der Waals surface area contributed by atoms with E-state index in [1.54, 1.807) is 0 Å². The standard InChI is InChI=1S/C13H16FN5O/c1-7(2)18-13(20)19(17-16-18)12-6-11(15)10(14)5-9(12)8-3-4-8/h5-8H,3-4,15H2,1-2H3. The first-order valence-corrected chi connectivity index (χ1v) is 6.63. The Bertz CT molecular complexity index is 714. The van der Waals surface area contributed by atoms with E-state index in [-0.39, 0.29) is 23.3 Å². The molecule has 1 aliphatic rings. The van der Waals surface area contributed by atoms with E-state index in [1.807, 2.05) is 13.8 Å². The molecule has 1 aliphatic carbocycles. The number of halogens is 1. The lowest BCUT2D eigenvalue weighted by molar-refractivity contribution is 0.500. The normalized spacial score (nSPS) is 15.0. The van der Waals surface area contributed by atoms with Crippen LogP contribution in [0.15, 0.2) is 16.9 Å². The molecule has 1 fully saturated rings. The van der Waals surface area contributed by atoms with Crippen LogP contribution < -0.4 is 11.4 Å². The summed E-state index contributed by atoms with van der Waals surface area (Å²) in [6, 6.07) is 2.78. The number of hydrogen-bond donors (Lipinski definition) is 1. The molecule has 0 spiro atoms. The summed E-state index contributed by atoms with van der Waals surface area (Å²) in [5.74, 6) is -0.184. The van der Waals surface area contributed by atoms with Gasteiger partial charge >= 0.3 is 5.69 Å². The van der Waals surface area contributed by atoms with Crippen molar-refractivity contribution in [2.24, 2.45) is 0 Å². The summed E-state index contributed by atoms with van der Waals surface area (Å²) >= 11 is 0. The van der Waals surface area contributed by atoms with Crippen molar-refractivity contribution in [2.75, 3.05) is 5.73 Å². The zero-order valence-electron chi connectivity index (χ0n) is 11.4. The highest BCUT2D eigenvalue weighted by molar-refractivity contribution is 5.55. The number of benzene rings is 1. The molecule has 6 nitrogen and oxygen atoms in total. The third-order valence-electron chi connectivity index (χ3n) is 3.48. The fourth-order valence-corrected chi connectivity index (χ4v) is 2.23. The summed E-state index contributed by atoms with van der Waals surface area (Å²) in [6.07, 6.45) is 1.98. The minimum atomic E-state index is -0.458. The van der Waals surface area contributed by atoms with E-state index in [4.69, 9.17) is 5.73 Å². The molecule has 0 radical (unpaired) electrons. The van der Waals surface area contributed by atoms with E-state index in [1.165, 1.54) is 21.5 Å². The molecule has 1 heterocycles. The molecule has 1 aromatic carbocycles. The Morgan fingerprint density at radius 1 is 1.35 bits per heavy atom. The first-order valence-electron chi connectivity index (χ1n) is 6.63. The van der Waals surface area contributed by atoms with Crippen LogP contribution in [0.4, 0.5) is 10.1 Å². The molecular weight excluding hydrogens is 261 g/mol. The van der Waals surface area contributed by atoms with Crippen LogP contribution in [0.3, 0.4) is 0 Å². The Hall–Kier alpha value is -2.18. The van der Waals surface area contributed by atoms with Gasteiger partial charge < -0.3 is 5.73 Å². The van der Waals surface area contributed by atoms with Crippen LogP contribution in [0.2, 0.25) is 0 Å². The fraction of sp³-hybridized carbons (Fsp3) is 0.462. The molecule has 2 aromatic rings. The maximum absolute atomic E-state index is 13.6. The molecule has 3 rings (SSSR count). The van der Waals surface area contributed by atoms with Crippen LogP contribution in [0, 0.1) is 5.82 Å². The zero-order valence-corrected chi connectivity index (χ0v) is 11.4. The Morgan fingerprint density at radius 2 is 2.05 bits per heavy atom. The molecule has 0 aliphatic heterocycles. The van der Waals surface area contributed by atoms with Gasteiger partial charge in [-0.05, 0) is 60.7 Å². The monoisotopic (exact) mass is 277 g/mol. The smallest absolute Gasteiger partial charge is 0.368 e. The Labute approximate surface area is 115 Å². The van der Waals surface area contributed by atoms with Crippen LogP contribution >= 0.6 is 0 Å². The largest absolute Gasteiger partial charge is 0.396 e. The van der Waals surface area contributed by atoms with Crippen molar-refractivity contribution in [3.05, 3.63) is 34.0 Å². The van der Waals surface area contributed by atoms with E-state index in [0.717, 1.165) is 18.4 Å². The van der Waals surface area contributed by atoms with Gasteiger partial charge in [-0.2, -0.15) is 9.36 Å². The van der Waals surface area contributed by atoms with E-state index >= 15 is 0 Å². The minimum absolute atomic E-state index is 0.00963. The fourth-order valence-electron chi connectivity index (χ4n) is 2.23. The molecule has 2 N–H and O–H groups in total. The number of nitrogens with two attached hydrogens (primary N) is 1. The van der Waals surface area contributed by atoms with Gasteiger partial charge in [0.2, 0.25) is 0 Å². The third-order valence-corrected chi connectivity index (χ3v) is 3.48. The Morgan fingerprint density at radius 3 is 2.60 bits per heavy atom. The van der Waals surface area contributed by atoms with E-state index in [2.05, 4.69) is 10.4 Å². The summed E-state index contributed by atoms with van der Waals surface area (Å²) in [5, 5.41) is 7.74. The molecule has 1 aromatic heterocycles. The van der Waals surface area contributed by atoms with Crippen LogP contribution in [0.1, 0.15) is 44.2 Å². The summed E-state index contributed by atoms with van der Waals surface area (Å²) in [4.78, 5) is 12.3. The number of rotatable bonds is 3. The summed E-state index contributed by atoms with van der Waals surface area (Å²) in [5.41, 5.74) is 6.59. The van der Waals surface area contributed by atoms with Crippen LogP contribution in [-0.2, 0) is 0 Å². The predicted octanol–water partition coefficient (Wildman–Crippen LogP) is 1.61. The lowest BCUT2D eigenvalue weighted by atomic mass is 10.1. The first-order chi connectivity index (χ1) is 9.49. The van der Waals surface area contributed by atoms with Crippen molar-refractivity contribution in [3.8, 4) is 5.69 Å². The molecule has 20 heavy (non-hydrogen) atoms. The topological polar surface area (TPSA) is 78.7 Å².